The van der Waals surface area contributed by atoms with E-state index < -0.39 is 0 Å². The SMILES string of the molecule is CNC/C(=C(\C)N(C)Cc1ccccc1Cl)C(C)C. The molecule has 0 unspecified atom stereocenters. The first-order valence-electron chi connectivity index (χ1n) is 6.76. The number of halogens is 1. The maximum Gasteiger partial charge on any atom is 0.0455 e. The van der Waals surface area contributed by atoms with Crippen molar-refractivity contribution in [2.24, 2.45) is 5.92 Å². The zero-order valence-electron chi connectivity index (χ0n) is 12.6. The monoisotopic (exact) mass is 280 g/mol. The van der Waals surface area contributed by atoms with Gasteiger partial charge in [-0.05, 0) is 37.1 Å². The molecule has 1 aromatic carbocycles. The topological polar surface area (TPSA) is 15.3 Å². The van der Waals surface area contributed by atoms with Crippen molar-refractivity contribution in [3.63, 3.8) is 0 Å². The molecule has 0 saturated carbocycles. The first-order valence-corrected chi connectivity index (χ1v) is 7.14. The van der Waals surface area contributed by atoms with Gasteiger partial charge in [0.15, 0.2) is 0 Å². The van der Waals surface area contributed by atoms with Crippen LogP contribution in [0.4, 0.5) is 0 Å². The molecule has 0 aliphatic rings. The fraction of sp³-hybridized carbons (Fsp3) is 0.500. The number of nitrogens with zero attached hydrogens (tertiary/aromatic N) is 1. The Kier molecular flexibility index (Phi) is 6.40. The average molecular weight is 281 g/mol. The smallest absolute Gasteiger partial charge is 0.0455 e. The van der Waals surface area contributed by atoms with E-state index in [1.54, 1.807) is 0 Å². The molecule has 106 valence electrons. The summed E-state index contributed by atoms with van der Waals surface area (Å²) >= 11 is 6.22. The van der Waals surface area contributed by atoms with Gasteiger partial charge < -0.3 is 10.2 Å². The summed E-state index contributed by atoms with van der Waals surface area (Å²) in [6, 6.07) is 8.03. The average Bonchev–Trinajstić information content (AvgIpc) is 2.37. The van der Waals surface area contributed by atoms with Gasteiger partial charge in [0.2, 0.25) is 0 Å². The third-order valence-electron chi connectivity index (χ3n) is 3.47. The van der Waals surface area contributed by atoms with Gasteiger partial charge in [-0.3, -0.25) is 0 Å². The Morgan fingerprint density at radius 3 is 2.47 bits per heavy atom. The fourth-order valence-corrected chi connectivity index (χ4v) is 2.38. The quantitative estimate of drug-likeness (QED) is 0.850. The van der Waals surface area contributed by atoms with Crippen LogP contribution < -0.4 is 5.32 Å². The lowest BCUT2D eigenvalue weighted by atomic mass is 10.0. The molecule has 2 nitrogen and oxygen atoms in total. The van der Waals surface area contributed by atoms with E-state index in [1.807, 2.05) is 25.2 Å². The highest BCUT2D eigenvalue weighted by Gasteiger charge is 2.11. The lowest BCUT2D eigenvalue weighted by molar-refractivity contribution is 0.399. The summed E-state index contributed by atoms with van der Waals surface area (Å²) in [6.07, 6.45) is 0. The number of hydrogen-bond donors (Lipinski definition) is 1. The van der Waals surface area contributed by atoms with Crippen molar-refractivity contribution in [3.8, 4) is 0 Å². The number of rotatable bonds is 6. The molecule has 1 N–H and O–H groups in total. The van der Waals surface area contributed by atoms with Crippen LogP contribution in [0.25, 0.3) is 0 Å². The molecule has 0 amide bonds. The van der Waals surface area contributed by atoms with Gasteiger partial charge in [0, 0.05) is 30.9 Å². The van der Waals surface area contributed by atoms with Crippen LogP contribution in [-0.2, 0) is 6.54 Å². The highest BCUT2D eigenvalue weighted by molar-refractivity contribution is 6.31. The Morgan fingerprint density at radius 2 is 1.95 bits per heavy atom. The molecular formula is C16H25ClN2. The van der Waals surface area contributed by atoms with Crippen molar-refractivity contribution in [3.05, 3.63) is 46.1 Å². The van der Waals surface area contributed by atoms with Crippen molar-refractivity contribution in [1.82, 2.24) is 10.2 Å². The van der Waals surface area contributed by atoms with Crippen LogP contribution in [-0.4, -0.2) is 25.5 Å². The molecular weight excluding hydrogens is 256 g/mol. The minimum absolute atomic E-state index is 0.543. The second kappa shape index (κ2) is 7.56. The standard InChI is InChI=1S/C16H25ClN2/c1-12(2)15(10-18-4)13(3)19(5)11-14-8-6-7-9-16(14)17/h6-9,12,18H,10-11H2,1-5H3/b15-13-. The second-order valence-electron chi connectivity index (χ2n) is 5.24. The molecule has 0 radical (unpaired) electrons. The summed E-state index contributed by atoms with van der Waals surface area (Å²) in [4.78, 5) is 2.27. The van der Waals surface area contributed by atoms with E-state index in [0.717, 1.165) is 18.1 Å². The molecule has 1 aromatic rings. The Hall–Kier alpha value is -0.990. The van der Waals surface area contributed by atoms with Crippen molar-refractivity contribution in [2.75, 3.05) is 20.6 Å². The molecule has 0 heterocycles. The van der Waals surface area contributed by atoms with E-state index in [9.17, 15) is 0 Å². The summed E-state index contributed by atoms with van der Waals surface area (Å²) in [5.41, 5.74) is 3.93. The van der Waals surface area contributed by atoms with Crippen LogP contribution in [0.5, 0.6) is 0 Å². The molecule has 0 aromatic heterocycles. The minimum atomic E-state index is 0.543. The molecule has 0 spiro atoms. The van der Waals surface area contributed by atoms with Gasteiger partial charge in [-0.2, -0.15) is 0 Å². The number of allylic oxidation sites excluding steroid dienone is 1. The van der Waals surface area contributed by atoms with E-state index in [4.69, 9.17) is 11.6 Å². The third kappa shape index (κ3) is 4.55. The highest BCUT2D eigenvalue weighted by atomic mass is 35.5. The highest BCUT2D eigenvalue weighted by Crippen LogP contribution is 2.21. The molecule has 19 heavy (non-hydrogen) atoms. The lowest BCUT2D eigenvalue weighted by Crippen LogP contribution is -2.23. The van der Waals surface area contributed by atoms with Crippen LogP contribution in [0, 0.1) is 5.92 Å². The molecule has 0 bridgehead atoms. The Balaban J connectivity index is 2.89. The Morgan fingerprint density at radius 1 is 1.32 bits per heavy atom. The van der Waals surface area contributed by atoms with Crippen LogP contribution in [0.1, 0.15) is 26.3 Å². The molecule has 0 saturated heterocycles. The number of benzene rings is 1. The van der Waals surface area contributed by atoms with Crippen LogP contribution in [0.15, 0.2) is 35.5 Å². The summed E-state index contributed by atoms with van der Waals surface area (Å²) < 4.78 is 0. The van der Waals surface area contributed by atoms with E-state index >= 15 is 0 Å². The van der Waals surface area contributed by atoms with Crippen LogP contribution in [0.3, 0.4) is 0 Å². The number of hydrogen-bond acceptors (Lipinski definition) is 2. The van der Waals surface area contributed by atoms with Gasteiger partial charge in [0.25, 0.3) is 0 Å². The third-order valence-corrected chi connectivity index (χ3v) is 3.84. The molecule has 1 rings (SSSR count). The van der Waals surface area contributed by atoms with Crippen molar-refractivity contribution in [1.29, 1.82) is 0 Å². The van der Waals surface area contributed by atoms with E-state index in [1.165, 1.54) is 16.8 Å². The number of likely N-dealkylation sites (N-methyl/N-ethyl adjacent to an activating group) is 1. The molecule has 3 heteroatoms. The first-order chi connectivity index (χ1) is 8.97. The zero-order valence-corrected chi connectivity index (χ0v) is 13.4. The van der Waals surface area contributed by atoms with E-state index in [-0.39, 0.29) is 0 Å². The zero-order chi connectivity index (χ0) is 14.4. The predicted octanol–water partition coefficient (Wildman–Crippen LogP) is 3.92. The first kappa shape index (κ1) is 16.1. The normalized spacial score (nSPS) is 12.6. The van der Waals surface area contributed by atoms with Gasteiger partial charge in [-0.1, -0.05) is 43.6 Å². The van der Waals surface area contributed by atoms with Crippen molar-refractivity contribution < 1.29 is 0 Å². The maximum absolute atomic E-state index is 6.22. The summed E-state index contributed by atoms with van der Waals surface area (Å²) in [5, 5.41) is 4.08. The molecule has 0 fully saturated rings. The molecule has 0 aliphatic heterocycles. The minimum Gasteiger partial charge on any atom is -0.374 e. The summed E-state index contributed by atoms with van der Waals surface area (Å²) in [5.74, 6) is 0.543. The van der Waals surface area contributed by atoms with Gasteiger partial charge in [-0.25, -0.2) is 0 Å². The van der Waals surface area contributed by atoms with E-state index in [2.05, 4.69) is 44.1 Å². The number of nitrogens with one attached hydrogen (secondary N) is 1. The Bertz CT molecular complexity index is 438. The Labute approximate surface area is 122 Å². The van der Waals surface area contributed by atoms with Gasteiger partial charge >= 0.3 is 0 Å². The van der Waals surface area contributed by atoms with Gasteiger partial charge in [0.1, 0.15) is 0 Å². The van der Waals surface area contributed by atoms with Crippen LogP contribution in [0.2, 0.25) is 5.02 Å². The maximum atomic E-state index is 6.22. The molecule has 0 aliphatic carbocycles. The van der Waals surface area contributed by atoms with Gasteiger partial charge in [0.05, 0.1) is 0 Å². The van der Waals surface area contributed by atoms with Crippen molar-refractivity contribution in [2.45, 2.75) is 27.3 Å². The van der Waals surface area contributed by atoms with Crippen molar-refractivity contribution >= 4 is 11.6 Å². The largest absolute Gasteiger partial charge is 0.374 e. The van der Waals surface area contributed by atoms with E-state index in [0.29, 0.717) is 5.92 Å². The second-order valence-corrected chi connectivity index (χ2v) is 5.65. The predicted molar refractivity (Wildman–Crippen MR) is 84.4 cm³/mol. The molecule has 0 atom stereocenters. The summed E-state index contributed by atoms with van der Waals surface area (Å²) in [6.45, 7) is 8.42. The van der Waals surface area contributed by atoms with Gasteiger partial charge in [-0.15, -0.1) is 0 Å². The fourth-order valence-electron chi connectivity index (χ4n) is 2.19. The van der Waals surface area contributed by atoms with Crippen LogP contribution >= 0.6 is 11.6 Å². The lowest BCUT2D eigenvalue weighted by Gasteiger charge is -2.26. The summed E-state index contributed by atoms with van der Waals surface area (Å²) in [7, 11) is 4.11.